The average molecular weight is 441 g/mol. The van der Waals surface area contributed by atoms with Crippen molar-refractivity contribution in [2.45, 2.75) is 36.5 Å². The molecule has 1 aliphatic heterocycles. The van der Waals surface area contributed by atoms with Crippen LogP contribution in [0.2, 0.25) is 5.02 Å². The summed E-state index contributed by atoms with van der Waals surface area (Å²) >= 11 is 6.09. The summed E-state index contributed by atoms with van der Waals surface area (Å²) in [4.78, 5) is 11.9. The van der Waals surface area contributed by atoms with Crippen LogP contribution >= 0.6 is 11.6 Å². The third-order valence-corrected chi connectivity index (χ3v) is 7.01. The number of rotatable bonds is 6. The Hall–Kier alpha value is -2.17. The van der Waals surface area contributed by atoms with Crippen molar-refractivity contribution in [3.8, 4) is 5.75 Å². The standard InChI is InChI=1S/C19H21ClN2O6S/c20-17-4-2-1-3-13(17)12-28-15-5-7-16(8-6-15)29(26,27)22-10-9-14(23)11-18(22)19(24)21-25/h1-8,14,18,23,25H,9-12H2,(H,21,24)/t14-,18+/m0/s1. The van der Waals surface area contributed by atoms with E-state index in [9.17, 15) is 18.3 Å². The Balaban J connectivity index is 1.75. The quantitative estimate of drug-likeness (QED) is 0.467. The van der Waals surface area contributed by atoms with Crippen LogP contribution in [0.4, 0.5) is 0 Å². The Bertz CT molecular complexity index is 967. The van der Waals surface area contributed by atoms with E-state index in [0.717, 1.165) is 9.87 Å². The minimum absolute atomic E-state index is 0.0188. The maximum atomic E-state index is 13.0. The molecule has 1 saturated heterocycles. The number of halogens is 1. The van der Waals surface area contributed by atoms with Crippen LogP contribution in [0.15, 0.2) is 53.4 Å². The lowest BCUT2D eigenvalue weighted by Gasteiger charge is -2.35. The zero-order chi connectivity index (χ0) is 21.0. The number of amides is 1. The number of nitrogens with one attached hydrogen (secondary N) is 1. The van der Waals surface area contributed by atoms with Gasteiger partial charge in [0.15, 0.2) is 0 Å². The van der Waals surface area contributed by atoms with Gasteiger partial charge in [-0.05, 0) is 43.2 Å². The second-order valence-corrected chi connectivity index (χ2v) is 8.94. The molecule has 1 heterocycles. The van der Waals surface area contributed by atoms with Crippen LogP contribution in [0.1, 0.15) is 18.4 Å². The second-order valence-electron chi connectivity index (χ2n) is 6.64. The zero-order valence-electron chi connectivity index (χ0n) is 15.4. The summed E-state index contributed by atoms with van der Waals surface area (Å²) in [6, 6.07) is 11.9. The number of hydrogen-bond acceptors (Lipinski definition) is 6. The summed E-state index contributed by atoms with van der Waals surface area (Å²) in [5.74, 6) is -0.422. The van der Waals surface area contributed by atoms with Crippen molar-refractivity contribution in [3.63, 3.8) is 0 Å². The number of aliphatic hydroxyl groups is 1. The molecule has 0 saturated carbocycles. The molecule has 0 spiro atoms. The Morgan fingerprint density at radius 1 is 1.21 bits per heavy atom. The zero-order valence-corrected chi connectivity index (χ0v) is 16.9. The molecule has 0 unspecified atom stereocenters. The maximum Gasteiger partial charge on any atom is 0.261 e. The average Bonchev–Trinajstić information content (AvgIpc) is 2.72. The molecule has 3 rings (SSSR count). The number of carbonyl (C=O) groups excluding carboxylic acids is 1. The van der Waals surface area contributed by atoms with Gasteiger partial charge in [-0.25, -0.2) is 13.9 Å². The maximum absolute atomic E-state index is 13.0. The Morgan fingerprint density at radius 2 is 1.90 bits per heavy atom. The number of carbonyl (C=O) groups is 1. The van der Waals surface area contributed by atoms with Gasteiger partial charge < -0.3 is 9.84 Å². The molecule has 0 aliphatic carbocycles. The summed E-state index contributed by atoms with van der Waals surface area (Å²) in [6.45, 7) is 0.195. The molecule has 1 fully saturated rings. The van der Waals surface area contributed by atoms with Crippen LogP contribution < -0.4 is 10.2 Å². The summed E-state index contributed by atoms with van der Waals surface area (Å²) in [6.07, 6.45) is -0.706. The minimum atomic E-state index is -4.01. The van der Waals surface area contributed by atoms with Gasteiger partial charge in [0.05, 0.1) is 11.0 Å². The highest BCUT2D eigenvalue weighted by Gasteiger charge is 2.40. The SMILES string of the molecule is O=C(NO)[C@H]1C[C@@H](O)CCN1S(=O)(=O)c1ccc(OCc2ccccc2Cl)cc1. The van der Waals surface area contributed by atoms with E-state index in [1.54, 1.807) is 6.07 Å². The molecule has 29 heavy (non-hydrogen) atoms. The van der Waals surface area contributed by atoms with E-state index in [1.165, 1.54) is 29.7 Å². The molecule has 2 aromatic carbocycles. The first-order valence-electron chi connectivity index (χ1n) is 8.93. The highest BCUT2D eigenvalue weighted by molar-refractivity contribution is 7.89. The van der Waals surface area contributed by atoms with Crippen molar-refractivity contribution < 1.29 is 28.3 Å². The summed E-state index contributed by atoms with van der Waals surface area (Å²) in [7, 11) is -4.01. The number of hydroxylamine groups is 1. The van der Waals surface area contributed by atoms with E-state index in [0.29, 0.717) is 10.8 Å². The normalized spacial score (nSPS) is 20.2. The van der Waals surface area contributed by atoms with E-state index in [4.69, 9.17) is 21.5 Å². The smallest absolute Gasteiger partial charge is 0.261 e. The first-order valence-corrected chi connectivity index (χ1v) is 10.7. The molecule has 0 aromatic heterocycles. The van der Waals surface area contributed by atoms with Crippen LogP contribution in [-0.2, 0) is 21.4 Å². The second kappa shape index (κ2) is 9.10. The van der Waals surface area contributed by atoms with Crippen molar-refractivity contribution in [1.82, 2.24) is 9.79 Å². The summed E-state index contributed by atoms with van der Waals surface area (Å²) in [5.41, 5.74) is 2.27. The number of sulfonamides is 1. The predicted octanol–water partition coefficient (Wildman–Crippen LogP) is 1.94. The number of hydrogen-bond donors (Lipinski definition) is 3. The summed E-state index contributed by atoms with van der Waals surface area (Å²) < 4.78 is 32.6. The van der Waals surface area contributed by atoms with Crippen molar-refractivity contribution in [2.75, 3.05) is 6.54 Å². The fourth-order valence-corrected chi connectivity index (χ4v) is 4.95. The van der Waals surface area contributed by atoms with E-state index in [1.807, 2.05) is 18.2 Å². The molecular formula is C19H21ClN2O6S. The van der Waals surface area contributed by atoms with Crippen molar-refractivity contribution in [1.29, 1.82) is 0 Å². The molecular weight excluding hydrogens is 420 g/mol. The number of piperidine rings is 1. The molecule has 1 amide bonds. The fourth-order valence-electron chi connectivity index (χ4n) is 3.15. The van der Waals surface area contributed by atoms with Gasteiger partial charge in [0.25, 0.3) is 5.91 Å². The molecule has 3 N–H and O–H groups in total. The third kappa shape index (κ3) is 4.88. The lowest BCUT2D eigenvalue weighted by atomic mass is 10.0. The van der Waals surface area contributed by atoms with Crippen molar-refractivity contribution >= 4 is 27.5 Å². The van der Waals surface area contributed by atoms with Crippen LogP contribution in [0.5, 0.6) is 5.75 Å². The highest BCUT2D eigenvalue weighted by atomic mass is 35.5. The molecule has 10 heteroatoms. The number of nitrogens with zero attached hydrogens (tertiary/aromatic N) is 1. The fraction of sp³-hybridized carbons (Fsp3) is 0.316. The minimum Gasteiger partial charge on any atom is -0.489 e. The molecule has 0 radical (unpaired) electrons. The lowest BCUT2D eigenvalue weighted by Crippen LogP contribution is -2.54. The lowest BCUT2D eigenvalue weighted by molar-refractivity contribution is -0.135. The van der Waals surface area contributed by atoms with Crippen LogP contribution in [-0.4, -0.2) is 47.6 Å². The molecule has 8 nitrogen and oxygen atoms in total. The van der Waals surface area contributed by atoms with E-state index >= 15 is 0 Å². The Labute approximate surface area is 173 Å². The molecule has 156 valence electrons. The third-order valence-electron chi connectivity index (χ3n) is 4.72. The van der Waals surface area contributed by atoms with E-state index < -0.39 is 28.1 Å². The van der Waals surface area contributed by atoms with Crippen LogP contribution in [0, 0.1) is 0 Å². The number of aliphatic hydroxyl groups excluding tert-OH is 1. The predicted molar refractivity (Wildman–Crippen MR) is 105 cm³/mol. The largest absolute Gasteiger partial charge is 0.489 e. The van der Waals surface area contributed by atoms with Crippen LogP contribution in [0.25, 0.3) is 0 Å². The molecule has 2 atom stereocenters. The Morgan fingerprint density at radius 3 is 2.55 bits per heavy atom. The molecule has 1 aliphatic rings. The first-order chi connectivity index (χ1) is 13.8. The number of benzene rings is 2. The first kappa shape index (κ1) is 21.5. The van der Waals surface area contributed by atoms with E-state index in [2.05, 4.69) is 0 Å². The van der Waals surface area contributed by atoms with Gasteiger partial charge >= 0.3 is 0 Å². The van der Waals surface area contributed by atoms with Gasteiger partial charge in [-0.15, -0.1) is 0 Å². The molecule has 0 bridgehead atoms. The van der Waals surface area contributed by atoms with Gasteiger partial charge in [0.2, 0.25) is 10.0 Å². The van der Waals surface area contributed by atoms with Gasteiger partial charge in [-0.2, -0.15) is 4.31 Å². The van der Waals surface area contributed by atoms with E-state index in [-0.39, 0.29) is 30.9 Å². The van der Waals surface area contributed by atoms with Gasteiger partial charge in [-0.3, -0.25) is 10.0 Å². The van der Waals surface area contributed by atoms with Crippen LogP contribution in [0.3, 0.4) is 0 Å². The van der Waals surface area contributed by atoms with Gasteiger partial charge in [-0.1, -0.05) is 29.8 Å². The van der Waals surface area contributed by atoms with Gasteiger partial charge in [0.1, 0.15) is 18.4 Å². The Kier molecular flexibility index (Phi) is 6.76. The monoisotopic (exact) mass is 440 g/mol. The summed E-state index contributed by atoms with van der Waals surface area (Å²) in [5, 5.41) is 19.3. The topological polar surface area (TPSA) is 116 Å². The van der Waals surface area contributed by atoms with Crippen molar-refractivity contribution in [3.05, 3.63) is 59.1 Å². The number of ether oxygens (including phenoxy) is 1. The van der Waals surface area contributed by atoms with Gasteiger partial charge in [0, 0.05) is 17.1 Å². The highest BCUT2D eigenvalue weighted by Crippen LogP contribution is 2.27. The van der Waals surface area contributed by atoms with Crippen molar-refractivity contribution in [2.24, 2.45) is 0 Å². The molecule has 2 aromatic rings.